The number of rotatable bonds is 11. The topological polar surface area (TPSA) is 132 Å². The molecule has 3 heterocycles. The van der Waals surface area contributed by atoms with E-state index in [2.05, 4.69) is 30.7 Å². The van der Waals surface area contributed by atoms with Crippen LogP contribution >= 0.6 is 11.6 Å². The number of aromatic nitrogens is 2. The Balaban J connectivity index is 1.52. The first-order chi connectivity index (χ1) is 21.4. The van der Waals surface area contributed by atoms with Gasteiger partial charge in [0.05, 0.1) is 19.0 Å². The van der Waals surface area contributed by atoms with Gasteiger partial charge < -0.3 is 35.4 Å². The predicted molar refractivity (Wildman–Crippen MR) is 177 cm³/mol. The smallest absolute Gasteiger partial charge is 0.229 e. The minimum atomic E-state index is -0.00496. The number of carbonyl (C=O) groups is 3. The van der Waals surface area contributed by atoms with Crippen LogP contribution in [0.4, 0.5) is 23.1 Å². The molecule has 12 nitrogen and oxygen atoms in total. The van der Waals surface area contributed by atoms with E-state index in [9.17, 15) is 14.4 Å². The van der Waals surface area contributed by atoms with Gasteiger partial charge in [-0.3, -0.25) is 14.4 Å². The van der Waals surface area contributed by atoms with Crippen molar-refractivity contribution in [2.75, 3.05) is 61.5 Å². The Hall–Kier alpha value is -3.80. The molecule has 13 heteroatoms. The van der Waals surface area contributed by atoms with Crippen LogP contribution in [0.2, 0.25) is 5.02 Å². The largest absolute Gasteiger partial charge is 0.494 e. The first-order valence-electron chi connectivity index (χ1n) is 15.7. The number of piperazine rings is 1. The van der Waals surface area contributed by atoms with Gasteiger partial charge in [0.15, 0.2) is 5.82 Å². The summed E-state index contributed by atoms with van der Waals surface area (Å²) in [6.07, 6.45) is 3.04. The highest BCUT2D eigenvalue weighted by atomic mass is 35.5. The molecule has 3 amide bonds. The number of benzene rings is 1. The fraction of sp³-hybridized carbons (Fsp3) is 0.594. The van der Waals surface area contributed by atoms with E-state index < -0.39 is 0 Å². The van der Waals surface area contributed by atoms with Gasteiger partial charge in [0, 0.05) is 82.9 Å². The molecule has 2 aliphatic heterocycles. The normalized spacial score (nSPS) is 18.6. The quantitative estimate of drug-likeness (QED) is 0.335. The average Bonchev–Trinajstić information content (AvgIpc) is 2.97. The van der Waals surface area contributed by atoms with E-state index in [0.717, 1.165) is 25.2 Å². The Morgan fingerprint density at radius 2 is 1.56 bits per heavy atom. The number of carbonyl (C=O) groups excluding carboxylic acids is 3. The van der Waals surface area contributed by atoms with Gasteiger partial charge in [0.1, 0.15) is 10.8 Å². The number of nitrogens with zero attached hydrogens (tertiary/aromatic N) is 5. The number of halogens is 1. The van der Waals surface area contributed by atoms with Crippen LogP contribution in [0.15, 0.2) is 24.4 Å². The lowest BCUT2D eigenvalue weighted by molar-refractivity contribution is -0.129. The van der Waals surface area contributed by atoms with Crippen LogP contribution in [0.25, 0.3) is 0 Å². The fourth-order valence-electron chi connectivity index (χ4n) is 6.09. The fourth-order valence-corrected chi connectivity index (χ4v) is 6.30. The van der Waals surface area contributed by atoms with Crippen LogP contribution in [0, 0.1) is 11.8 Å². The Morgan fingerprint density at radius 3 is 2.09 bits per heavy atom. The zero-order chi connectivity index (χ0) is 32.7. The summed E-state index contributed by atoms with van der Waals surface area (Å²) in [6.45, 7) is 13.4. The molecule has 45 heavy (non-hydrogen) atoms. The number of hydrogen-bond donors (Lipinski definition) is 3. The van der Waals surface area contributed by atoms with E-state index in [1.54, 1.807) is 20.2 Å². The van der Waals surface area contributed by atoms with Gasteiger partial charge in [0.25, 0.3) is 0 Å². The molecule has 246 valence electrons. The van der Waals surface area contributed by atoms with Crippen molar-refractivity contribution >= 4 is 52.5 Å². The highest BCUT2D eigenvalue weighted by Crippen LogP contribution is 2.35. The molecule has 1 aromatic carbocycles. The summed E-state index contributed by atoms with van der Waals surface area (Å²) in [5.41, 5.74) is 1.70. The van der Waals surface area contributed by atoms with Crippen LogP contribution in [0.1, 0.15) is 53.9 Å². The molecule has 2 aliphatic rings. The van der Waals surface area contributed by atoms with E-state index in [1.165, 1.54) is 0 Å². The molecule has 0 unspecified atom stereocenters. The summed E-state index contributed by atoms with van der Waals surface area (Å²) in [5.74, 6) is 1.68. The molecule has 2 aromatic rings. The van der Waals surface area contributed by atoms with Crippen molar-refractivity contribution in [3.8, 4) is 5.75 Å². The molecule has 2 saturated heterocycles. The summed E-state index contributed by atoms with van der Waals surface area (Å²) >= 11 is 6.66. The zero-order valence-electron chi connectivity index (χ0n) is 27.2. The van der Waals surface area contributed by atoms with Crippen molar-refractivity contribution in [1.29, 1.82) is 0 Å². The summed E-state index contributed by atoms with van der Waals surface area (Å²) in [6, 6.07) is 6.01. The number of ether oxygens (including phenoxy) is 1. The Morgan fingerprint density at radius 1 is 0.956 bits per heavy atom. The molecule has 0 saturated carbocycles. The van der Waals surface area contributed by atoms with E-state index in [1.807, 2.05) is 50.8 Å². The molecule has 2 fully saturated rings. The Bertz CT molecular complexity index is 1320. The van der Waals surface area contributed by atoms with Crippen molar-refractivity contribution in [3.05, 3.63) is 29.4 Å². The Labute approximate surface area is 271 Å². The van der Waals surface area contributed by atoms with Crippen LogP contribution in [0.5, 0.6) is 5.75 Å². The minimum Gasteiger partial charge on any atom is -0.494 e. The maximum absolute atomic E-state index is 12.7. The number of anilines is 4. The third-order valence-corrected chi connectivity index (χ3v) is 8.28. The third kappa shape index (κ3) is 9.59. The van der Waals surface area contributed by atoms with Crippen molar-refractivity contribution in [2.24, 2.45) is 11.8 Å². The summed E-state index contributed by atoms with van der Waals surface area (Å²) in [4.78, 5) is 52.5. The third-order valence-electron chi connectivity index (χ3n) is 8.02. The molecule has 0 bridgehead atoms. The van der Waals surface area contributed by atoms with Crippen molar-refractivity contribution < 1.29 is 19.1 Å². The first kappa shape index (κ1) is 34.1. The van der Waals surface area contributed by atoms with Gasteiger partial charge in [-0.2, -0.15) is 4.98 Å². The van der Waals surface area contributed by atoms with Crippen molar-refractivity contribution in [1.82, 2.24) is 25.5 Å². The van der Waals surface area contributed by atoms with Crippen molar-refractivity contribution in [3.63, 3.8) is 0 Å². The van der Waals surface area contributed by atoms with Crippen LogP contribution in [0.3, 0.4) is 0 Å². The first-order valence-corrected chi connectivity index (χ1v) is 16.1. The van der Waals surface area contributed by atoms with Crippen molar-refractivity contribution in [2.45, 2.75) is 66.0 Å². The minimum absolute atomic E-state index is 0.00496. The van der Waals surface area contributed by atoms with Gasteiger partial charge in [-0.05, 0) is 58.1 Å². The van der Waals surface area contributed by atoms with Crippen LogP contribution in [-0.4, -0.2) is 91.1 Å². The summed E-state index contributed by atoms with van der Waals surface area (Å²) < 4.78 is 5.71. The summed E-state index contributed by atoms with van der Waals surface area (Å²) in [5, 5.41) is 9.65. The zero-order valence-corrected chi connectivity index (χ0v) is 28.0. The lowest BCUT2D eigenvalue weighted by Crippen LogP contribution is -2.48. The monoisotopic (exact) mass is 642 g/mol. The Kier molecular flexibility index (Phi) is 11.7. The highest BCUT2D eigenvalue weighted by Gasteiger charge is 2.32. The molecular weight excluding hydrogens is 596 g/mol. The standard InChI is InChI=1S/C32H47ClN8O4/c1-20(2)35-29(43)14-23-13-24(15-30(44)36-21(3)4)19-41(18-23)31-26(33)17-34-32(38-31)37-27-8-7-25(16-28(27)45-6)40-11-9-39(10-12-40)22(5)42/h7-8,16-17,20-21,23-24H,9-15,18-19H2,1-6H3,(H,35,43)(H,36,44)(H,34,37,38)/t23-,24+. The molecule has 3 N–H and O–H groups in total. The lowest BCUT2D eigenvalue weighted by Gasteiger charge is -2.38. The highest BCUT2D eigenvalue weighted by molar-refractivity contribution is 6.32. The van der Waals surface area contributed by atoms with E-state index in [0.29, 0.717) is 67.2 Å². The molecule has 0 aliphatic carbocycles. The molecule has 0 radical (unpaired) electrons. The van der Waals surface area contributed by atoms with Gasteiger partial charge in [-0.1, -0.05) is 11.6 Å². The average molecular weight is 643 g/mol. The van der Waals surface area contributed by atoms with Gasteiger partial charge in [-0.25, -0.2) is 4.98 Å². The molecule has 1 aromatic heterocycles. The van der Waals surface area contributed by atoms with Gasteiger partial charge in [-0.15, -0.1) is 0 Å². The number of piperidine rings is 1. The number of hydrogen-bond acceptors (Lipinski definition) is 9. The predicted octanol–water partition coefficient (Wildman–Crippen LogP) is 3.82. The SMILES string of the molecule is COc1cc(N2CCN(C(C)=O)CC2)ccc1Nc1ncc(Cl)c(N2C[C@H](CC(=O)NC(C)C)C[C@H](CC(=O)NC(C)C)C2)n1. The van der Waals surface area contributed by atoms with Gasteiger partial charge >= 0.3 is 0 Å². The molecule has 4 rings (SSSR count). The van der Waals surface area contributed by atoms with Crippen LogP contribution in [-0.2, 0) is 14.4 Å². The van der Waals surface area contributed by atoms with Gasteiger partial charge in [0.2, 0.25) is 23.7 Å². The molecule has 2 atom stereocenters. The summed E-state index contributed by atoms with van der Waals surface area (Å²) in [7, 11) is 1.62. The number of nitrogens with one attached hydrogen (secondary N) is 3. The lowest BCUT2D eigenvalue weighted by atomic mass is 9.84. The van der Waals surface area contributed by atoms with E-state index in [-0.39, 0.29) is 41.6 Å². The number of amides is 3. The molecular formula is C32H47ClN8O4. The van der Waals surface area contributed by atoms with E-state index in [4.69, 9.17) is 21.3 Å². The van der Waals surface area contributed by atoms with Crippen LogP contribution < -0.4 is 30.5 Å². The maximum Gasteiger partial charge on any atom is 0.229 e. The maximum atomic E-state index is 12.7. The van der Waals surface area contributed by atoms with E-state index >= 15 is 0 Å². The number of methoxy groups -OCH3 is 1. The molecule has 0 spiro atoms. The second kappa shape index (κ2) is 15.5. The second-order valence-corrected chi connectivity index (χ2v) is 13.0. The second-order valence-electron chi connectivity index (χ2n) is 12.6.